The highest BCUT2D eigenvalue weighted by atomic mass is 32.2. The Morgan fingerprint density at radius 2 is 1.79 bits per heavy atom. The van der Waals surface area contributed by atoms with Gasteiger partial charge in [-0.3, -0.25) is 0 Å². The van der Waals surface area contributed by atoms with Gasteiger partial charge in [-0.25, -0.2) is 12.7 Å². The van der Waals surface area contributed by atoms with Crippen LogP contribution in [0.25, 0.3) is 0 Å². The second kappa shape index (κ2) is 6.25. The van der Waals surface area contributed by atoms with E-state index in [0.29, 0.717) is 12.0 Å². The van der Waals surface area contributed by atoms with Crippen LogP contribution >= 0.6 is 0 Å². The predicted molar refractivity (Wildman–Crippen MR) is 73.9 cm³/mol. The maximum Gasteiger partial charge on any atom is 0.246 e. The molecule has 0 spiro atoms. The number of phenolic OH excluding ortho intramolecular Hbond substituents is 2. The normalized spacial score (nSPS) is 12.0. The summed E-state index contributed by atoms with van der Waals surface area (Å²) in [6.45, 7) is 2.05. The summed E-state index contributed by atoms with van der Waals surface area (Å²) in [5.74, 6) is -0.526. The van der Waals surface area contributed by atoms with Crippen molar-refractivity contribution in [2.45, 2.75) is 37.5 Å². The number of benzene rings is 1. The lowest BCUT2D eigenvalue weighted by Crippen LogP contribution is -2.23. The molecule has 0 aliphatic heterocycles. The largest absolute Gasteiger partial charge is 0.508 e. The van der Waals surface area contributed by atoms with Crippen molar-refractivity contribution in [3.63, 3.8) is 0 Å². The third kappa shape index (κ3) is 3.61. The molecule has 2 N–H and O–H groups in total. The second-order valence-electron chi connectivity index (χ2n) is 4.70. The van der Waals surface area contributed by atoms with Crippen LogP contribution in [-0.4, -0.2) is 37.0 Å². The molecule has 5 nitrogen and oxygen atoms in total. The van der Waals surface area contributed by atoms with Crippen LogP contribution in [0.5, 0.6) is 11.5 Å². The van der Waals surface area contributed by atoms with E-state index in [1.54, 1.807) is 0 Å². The van der Waals surface area contributed by atoms with Crippen LogP contribution in [0.1, 0.15) is 31.7 Å². The standard InChI is InChI=1S/C13H21NO4S/c1-4-5-6-7-10-8-11(15)9-12(16)13(10)19(17,18)14(2)3/h8-9,15-16H,4-7H2,1-3H3. The van der Waals surface area contributed by atoms with Crippen LogP contribution in [0.15, 0.2) is 17.0 Å². The molecular formula is C13H21NO4S. The van der Waals surface area contributed by atoms with Gasteiger partial charge in [-0.1, -0.05) is 19.8 Å². The highest BCUT2D eigenvalue weighted by molar-refractivity contribution is 7.89. The van der Waals surface area contributed by atoms with Gasteiger partial charge in [0.2, 0.25) is 10.0 Å². The fraction of sp³-hybridized carbons (Fsp3) is 0.538. The smallest absolute Gasteiger partial charge is 0.246 e. The fourth-order valence-electron chi connectivity index (χ4n) is 1.89. The molecule has 19 heavy (non-hydrogen) atoms. The van der Waals surface area contributed by atoms with Crippen molar-refractivity contribution >= 4 is 10.0 Å². The van der Waals surface area contributed by atoms with Crippen LogP contribution in [0.4, 0.5) is 0 Å². The summed E-state index contributed by atoms with van der Waals surface area (Å²) < 4.78 is 25.5. The first-order valence-electron chi connectivity index (χ1n) is 6.28. The van der Waals surface area contributed by atoms with Crippen molar-refractivity contribution in [2.24, 2.45) is 0 Å². The van der Waals surface area contributed by atoms with Crippen molar-refractivity contribution in [1.82, 2.24) is 4.31 Å². The first-order chi connectivity index (χ1) is 8.80. The Hall–Kier alpha value is -1.27. The van der Waals surface area contributed by atoms with Gasteiger partial charge >= 0.3 is 0 Å². The summed E-state index contributed by atoms with van der Waals surface area (Å²) in [6, 6.07) is 2.46. The zero-order chi connectivity index (χ0) is 14.6. The minimum Gasteiger partial charge on any atom is -0.508 e. The van der Waals surface area contributed by atoms with E-state index in [1.165, 1.54) is 20.2 Å². The molecule has 0 unspecified atom stereocenters. The molecule has 0 heterocycles. The van der Waals surface area contributed by atoms with Crippen molar-refractivity contribution in [3.05, 3.63) is 17.7 Å². The Morgan fingerprint density at radius 3 is 2.32 bits per heavy atom. The predicted octanol–water partition coefficient (Wildman–Crippen LogP) is 2.08. The van der Waals surface area contributed by atoms with E-state index in [4.69, 9.17) is 0 Å². The molecule has 0 radical (unpaired) electrons. The SMILES string of the molecule is CCCCCc1cc(O)cc(O)c1S(=O)(=O)N(C)C. The molecule has 0 saturated heterocycles. The van der Waals surface area contributed by atoms with E-state index >= 15 is 0 Å². The van der Waals surface area contributed by atoms with Crippen molar-refractivity contribution in [2.75, 3.05) is 14.1 Å². The van der Waals surface area contributed by atoms with Gasteiger partial charge in [-0.15, -0.1) is 0 Å². The van der Waals surface area contributed by atoms with Gasteiger partial charge in [-0.2, -0.15) is 0 Å². The lowest BCUT2D eigenvalue weighted by Gasteiger charge is -2.16. The van der Waals surface area contributed by atoms with Gasteiger partial charge < -0.3 is 10.2 Å². The number of aromatic hydroxyl groups is 2. The number of aryl methyl sites for hydroxylation is 1. The molecule has 0 atom stereocenters. The van der Waals surface area contributed by atoms with Gasteiger partial charge in [0.1, 0.15) is 16.4 Å². The lowest BCUT2D eigenvalue weighted by atomic mass is 10.1. The molecule has 6 heteroatoms. The average molecular weight is 287 g/mol. The lowest BCUT2D eigenvalue weighted by molar-refractivity contribution is 0.432. The Kier molecular flexibility index (Phi) is 5.20. The van der Waals surface area contributed by atoms with E-state index in [-0.39, 0.29) is 10.6 Å². The summed E-state index contributed by atoms with van der Waals surface area (Å²) in [7, 11) is -0.892. The number of phenols is 2. The highest BCUT2D eigenvalue weighted by Crippen LogP contribution is 2.33. The molecule has 1 aromatic carbocycles. The van der Waals surface area contributed by atoms with Crippen LogP contribution < -0.4 is 0 Å². The summed E-state index contributed by atoms with van der Waals surface area (Å²) in [5.41, 5.74) is 0.458. The number of sulfonamides is 1. The number of hydrogen-bond acceptors (Lipinski definition) is 4. The topological polar surface area (TPSA) is 77.8 Å². The average Bonchev–Trinajstić information content (AvgIpc) is 2.27. The highest BCUT2D eigenvalue weighted by Gasteiger charge is 2.25. The third-order valence-corrected chi connectivity index (χ3v) is 4.87. The van der Waals surface area contributed by atoms with E-state index in [1.807, 2.05) is 0 Å². The summed E-state index contributed by atoms with van der Waals surface area (Å²) in [6.07, 6.45) is 3.31. The van der Waals surface area contributed by atoms with Crippen LogP contribution in [0, 0.1) is 0 Å². The maximum atomic E-state index is 12.2. The zero-order valence-corrected chi connectivity index (χ0v) is 12.4. The number of rotatable bonds is 6. The Balaban J connectivity index is 3.29. The van der Waals surface area contributed by atoms with Gasteiger partial charge in [0.15, 0.2) is 0 Å². The van der Waals surface area contributed by atoms with Crippen molar-refractivity contribution < 1.29 is 18.6 Å². The molecule has 0 aliphatic carbocycles. The molecular weight excluding hydrogens is 266 g/mol. The molecule has 0 fully saturated rings. The maximum absolute atomic E-state index is 12.2. The quantitative estimate of drug-likeness (QED) is 0.785. The van der Waals surface area contributed by atoms with Crippen LogP contribution in [0.2, 0.25) is 0 Å². The minimum absolute atomic E-state index is 0.105. The Bertz CT molecular complexity index is 538. The molecule has 1 aromatic rings. The molecule has 1 rings (SSSR count). The Morgan fingerprint density at radius 1 is 1.16 bits per heavy atom. The fourth-order valence-corrected chi connectivity index (χ4v) is 3.07. The summed E-state index contributed by atoms with van der Waals surface area (Å²) >= 11 is 0. The Labute approximate surface area is 114 Å². The number of unbranched alkanes of at least 4 members (excludes halogenated alkanes) is 2. The van der Waals surface area contributed by atoms with Gasteiger partial charge in [0, 0.05) is 20.2 Å². The molecule has 0 amide bonds. The first-order valence-corrected chi connectivity index (χ1v) is 7.72. The molecule has 0 aromatic heterocycles. The summed E-state index contributed by atoms with van der Waals surface area (Å²) in [5, 5.41) is 19.4. The van der Waals surface area contributed by atoms with Crippen LogP contribution in [-0.2, 0) is 16.4 Å². The van der Waals surface area contributed by atoms with Crippen molar-refractivity contribution in [3.8, 4) is 11.5 Å². The molecule has 0 bridgehead atoms. The zero-order valence-electron chi connectivity index (χ0n) is 11.5. The van der Waals surface area contributed by atoms with E-state index in [9.17, 15) is 18.6 Å². The monoisotopic (exact) mass is 287 g/mol. The minimum atomic E-state index is -3.72. The van der Waals surface area contributed by atoms with E-state index < -0.39 is 15.8 Å². The number of nitrogens with zero attached hydrogens (tertiary/aromatic N) is 1. The van der Waals surface area contributed by atoms with E-state index in [2.05, 4.69) is 6.92 Å². The van der Waals surface area contributed by atoms with Crippen LogP contribution in [0.3, 0.4) is 0 Å². The summed E-state index contributed by atoms with van der Waals surface area (Å²) in [4.78, 5) is -0.105. The van der Waals surface area contributed by atoms with Gasteiger partial charge in [-0.05, 0) is 24.5 Å². The van der Waals surface area contributed by atoms with Crippen molar-refractivity contribution in [1.29, 1.82) is 0 Å². The van der Waals surface area contributed by atoms with Gasteiger partial charge in [0.05, 0.1) is 0 Å². The molecule has 108 valence electrons. The van der Waals surface area contributed by atoms with E-state index in [0.717, 1.165) is 29.6 Å². The number of hydrogen-bond donors (Lipinski definition) is 2. The molecule has 0 saturated carbocycles. The second-order valence-corrected chi connectivity index (χ2v) is 6.79. The third-order valence-electron chi connectivity index (χ3n) is 2.92. The first kappa shape index (κ1) is 15.8. The molecule has 0 aliphatic rings. The van der Waals surface area contributed by atoms with Gasteiger partial charge in [0.25, 0.3) is 0 Å².